The topological polar surface area (TPSA) is 92.4 Å². The number of carbonyl (C=O) groups excluding carboxylic acids is 1. The van der Waals surface area contributed by atoms with Crippen LogP contribution in [0, 0.1) is 0 Å². The Kier molecular flexibility index (Phi) is 5.00. The zero-order chi connectivity index (χ0) is 12.7. The highest BCUT2D eigenvalue weighted by atomic mass is 16.4. The van der Waals surface area contributed by atoms with Crippen molar-refractivity contribution in [1.82, 2.24) is 0 Å². The summed E-state index contributed by atoms with van der Waals surface area (Å²) in [6, 6.07) is 6.93. The Balaban J connectivity index is 2.27. The highest BCUT2D eigenvalue weighted by Gasteiger charge is 2.03. The Bertz CT molecular complexity index is 404. The highest BCUT2D eigenvalue weighted by Crippen LogP contribution is 2.12. The number of anilines is 2. The van der Waals surface area contributed by atoms with Gasteiger partial charge < -0.3 is 16.2 Å². The molecule has 0 aromatic heterocycles. The smallest absolute Gasteiger partial charge is 0.303 e. The van der Waals surface area contributed by atoms with Gasteiger partial charge in [-0.1, -0.05) is 6.07 Å². The van der Waals surface area contributed by atoms with Crippen LogP contribution in [0.4, 0.5) is 11.4 Å². The summed E-state index contributed by atoms with van der Waals surface area (Å²) in [4.78, 5) is 21.7. The summed E-state index contributed by atoms with van der Waals surface area (Å²) in [7, 11) is 0. The number of rotatable bonds is 6. The summed E-state index contributed by atoms with van der Waals surface area (Å²) in [6.07, 6.45) is 1.51. The van der Waals surface area contributed by atoms with Crippen LogP contribution in [-0.2, 0) is 9.59 Å². The Hall–Kier alpha value is -2.04. The number of nitrogens with two attached hydrogens (primary N) is 1. The average molecular weight is 236 g/mol. The molecule has 0 saturated heterocycles. The molecular weight excluding hydrogens is 220 g/mol. The number of carbonyl (C=O) groups is 2. The van der Waals surface area contributed by atoms with E-state index in [0.717, 1.165) is 0 Å². The summed E-state index contributed by atoms with van der Waals surface area (Å²) in [5.41, 5.74) is 6.82. The number of nitrogens with one attached hydrogen (secondary N) is 1. The van der Waals surface area contributed by atoms with Crippen molar-refractivity contribution >= 4 is 23.3 Å². The maximum absolute atomic E-state index is 11.5. The van der Waals surface area contributed by atoms with Crippen molar-refractivity contribution in [2.75, 3.05) is 11.1 Å². The van der Waals surface area contributed by atoms with Gasteiger partial charge in [-0.2, -0.15) is 0 Å². The minimum atomic E-state index is -0.832. The summed E-state index contributed by atoms with van der Waals surface area (Å²) >= 11 is 0. The number of benzene rings is 1. The molecule has 92 valence electrons. The largest absolute Gasteiger partial charge is 0.481 e. The first-order chi connectivity index (χ1) is 8.08. The molecule has 1 aromatic carbocycles. The molecule has 0 aliphatic heterocycles. The van der Waals surface area contributed by atoms with Crippen LogP contribution in [0.3, 0.4) is 0 Å². The Morgan fingerprint density at radius 3 is 2.59 bits per heavy atom. The Morgan fingerprint density at radius 2 is 1.94 bits per heavy atom. The second-order valence-corrected chi connectivity index (χ2v) is 3.77. The van der Waals surface area contributed by atoms with Crippen LogP contribution in [0.25, 0.3) is 0 Å². The van der Waals surface area contributed by atoms with Gasteiger partial charge in [0.25, 0.3) is 0 Å². The first-order valence-corrected chi connectivity index (χ1v) is 5.45. The molecule has 0 aliphatic rings. The van der Waals surface area contributed by atoms with E-state index in [2.05, 4.69) is 5.32 Å². The number of nitrogen functional groups attached to an aromatic ring is 1. The van der Waals surface area contributed by atoms with Gasteiger partial charge in [-0.3, -0.25) is 9.59 Å². The molecule has 1 amide bonds. The van der Waals surface area contributed by atoms with Crippen molar-refractivity contribution < 1.29 is 14.7 Å². The monoisotopic (exact) mass is 236 g/mol. The van der Waals surface area contributed by atoms with Crippen LogP contribution in [0.15, 0.2) is 24.3 Å². The van der Waals surface area contributed by atoms with Crippen LogP contribution >= 0.6 is 0 Å². The third-order valence-electron chi connectivity index (χ3n) is 2.21. The van der Waals surface area contributed by atoms with Crippen molar-refractivity contribution in [3.8, 4) is 0 Å². The van der Waals surface area contributed by atoms with Crippen LogP contribution in [0.1, 0.15) is 25.7 Å². The molecule has 5 nitrogen and oxygen atoms in total. The second kappa shape index (κ2) is 6.52. The van der Waals surface area contributed by atoms with Crippen molar-refractivity contribution in [2.24, 2.45) is 0 Å². The van der Waals surface area contributed by atoms with E-state index in [1.807, 2.05) is 0 Å². The molecule has 0 saturated carbocycles. The molecule has 17 heavy (non-hydrogen) atoms. The van der Waals surface area contributed by atoms with Crippen LogP contribution in [-0.4, -0.2) is 17.0 Å². The lowest BCUT2D eigenvalue weighted by Crippen LogP contribution is -2.11. The molecular formula is C12H16N2O3. The maximum atomic E-state index is 11.5. The predicted molar refractivity (Wildman–Crippen MR) is 65.6 cm³/mol. The number of amides is 1. The quantitative estimate of drug-likeness (QED) is 0.519. The summed E-state index contributed by atoms with van der Waals surface area (Å²) in [5, 5.41) is 11.1. The lowest BCUT2D eigenvalue weighted by molar-refractivity contribution is -0.137. The average Bonchev–Trinajstić information content (AvgIpc) is 2.24. The van der Waals surface area contributed by atoms with Gasteiger partial charge in [0, 0.05) is 24.2 Å². The van der Waals surface area contributed by atoms with Gasteiger partial charge in [-0.25, -0.2) is 0 Å². The zero-order valence-electron chi connectivity index (χ0n) is 9.48. The maximum Gasteiger partial charge on any atom is 0.303 e. The third kappa shape index (κ3) is 5.55. The molecule has 0 atom stereocenters. The number of unbranched alkanes of at least 4 members (excludes halogenated alkanes) is 1. The molecule has 0 spiro atoms. The molecule has 0 fully saturated rings. The number of aliphatic carboxylic acids is 1. The highest BCUT2D eigenvalue weighted by molar-refractivity contribution is 5.91. The first kappa shape index (κ1) is 13.0. The van der Waals surface area contributed by atoms with Gasteiger partial charge in [0.05, 0.1) is 0 Å². The van der Waals surface area contributed by atoms with E-state index in [0.29, 0.717) is 30.6 Å². The molecule has 0 radical (unpaired) electrons. The molecule has 5 heteroatoms. The van der Waals surface area contributed by atoms with Crippen molar-refractivity contribution in [3.05, 3.63) is 24.3 Å². The van der Waals surface area contributed by atoms with Crippen molar-refractivity contribution in [1.29, 1.82) is 0 Å². The molecule has 4 N–H and O–H groups in total. The normalized spacial score (nSPS) is 9.88. The molecule has 0 aliphatic carbocycles. The van der Waals surface area contributed by atoms with Gasteiger partial charge in [-0.15, -0.1) is 0 Å². The van der Waals surface area contributed by atoms with E-state index in [9.17, 15) is 9.59 Å². The van der Waals surface area contributed by atoms with Gasteiger partial charge in [0.2, 0.25) is 5.91 Å². The lowest BCUT2D eigenvalue weighted by atomic mass is 10.2. The van der Waals surface area contributed by atoms with Gasteiger partial charge in [-0.05, 0) is 31.0 Å². The molecule has 0 bridgehead atoms. The van der Waals surface area contributed by atoms with Gasteiger partial charge in [0.15, 0.2) is 0 Å². The lowest BCUT2D eigenvalue weighted by Gasteiger charge is -2.05. The number of hydrogen-bond donors (Lipinski definition) is 3. The number of carboxylic acid groups (broad SMARTS) is 1. The van der Waals surface area contributed by atoms with E-state index in [-0.39, 0.29) is 12.3 Å². The van der Waals surface area contributed by atoms with Crippen LogP contribution in [0.2, 0.25) is 0 Å². The van der Waals surface area contributed by atoms with E-state index in [1.165, 1.54) is 0 Å². The first-order valence-electron chi connectivity index (χ1n) is 5.45. The standard InChI is InChI=1S/C12H16N2O3/c13-9-4-3-5-10(8-9)14-11(15)6-1-2-7-12(16)17/h3-5,8H,1-2,6-7,13H2,(H,14,15)(H,16,17). The summed E-state index contributed by atoms with van der Waals surface area (Å²) in [6.45, 7) is 0. The van der Waals surface area contributed by atoms with Crippen LogP contribution < -0.4 is 11.1 Å². The molecule has 0 heterocycles. The van der Waals surface area contributed by atoms with Crippen molar-refractivity contribution in [3.63, 3.8) is 0 Å². The van der Waals surface area contributed by atoms with Gasteiger partial charge >= 0.3 is 5.97 Å². The van der Waals surface area contributed by atoms with E-state index >= 15 is 0 Å². The van der Waals surface area contributed by atoms with Crippen molar-refractivity contribution in [2.45, 2.75) is 25.7 Å². The van der Waals surface area contributed by atoms with E-state index < -0.39 is 5.97 Å². The molecule has 1 aromatic rings. The number of carboxylic acids is 1. The van der Waals surface area contributed by atoms with Gasteiger partial charge in [0.1, 0.15) is 0 Å². The van der Waals surface area contributed by atoms with E-state index in [4.69, 9.17) is 10.8 Å². The fourth-order valence-corrected chi connectivity index (χ4v) is 1.40. The fraction of sp³-hybridized carbons (Fsp3) is 0.333. The predicted octanol–water partition coefficient (Wildman–Crippen LogP) is 1.85. The molecule has 1 rings (SSSR count). The minimum absolute atomic E-state index is 0.103. The summed E-state index contributed by atoms with van der Waals surface area (Å²) < 4.78 is 0. The Morgan fingerprint density at radius 1 is 1.24 bits per heavy atom. The van der Waals surface area contributed by atoms with Crippen LogP contribution in [0.5, 0.6) is 0 Å². The number of hydrogen-bond acceptors (Lipinski definition) is 3. The molecule has 0 unspecified atom stereocenters. The SMILES string of the molecule is Nc1cccc(NC(=O)CCCCC(=O)O)c1. The Labute approximate surface area is 99.6 Å². The third-order valence-corrected chi connectivity index (χ3v) is 2.21. The second-order valence-electron chi connectivity index (χ2n) is 3.77. The van der Waals surface area contributed by atoms with E-state index in [1.54, 1.807) is 24.3 Å². The fourth-order valence-electron chi connectivity index (χ4n) is 1.40. The summed E-state index contributed by atoms with van der Waals surface area (Å²) in [5.74, 6) is -0.956. The minimum Gasteiger partial charge on any atom is -0.481 e. The zero-order valence-corrected chi connectivity index (χ0v) is 9.48.